The highest BCUT2D eigenvalue weighted by Gasteiger charge is 2.30. The Labute approximate surface area is 126 Å². The number of rotatable bonds is 7. The van der Waals surface area contributed by atoms with Crippen LogP contribution in [0.25, 0.3) is 0 Å². The predicted molar refractivity (Wildman–Crippen MR) is 82.1 cm³/mol. The largest absolute Gasteiger partial charge is 0.383 e. The molecular weight excluding hydrogens is 282 g/mol. The third-order valence-electron chi connectivity index (χ3n) is 3.54. The molecule has 0 radical (unpaired) electrons. The van der Waals surface area contributed by atoms with Gasteiger partial charge in [-0.05, 0) is 18.4 Å². The van der Waals surface area contributed by atoms with Crippen LogP contribution in [0.5, 0.6) is 0 Å². The minimum absolute atomic E-state index is 0. The molecule has 110 valence electrons. The Bertz CT molecular complexity index is 342. The lowest BCUT2D eigenvalue weighted by molar-refractivity contribution is 0.114. The molecule has 1 unspecified atom stereocenters. The first-order valence-corrected chi connectivity index (χ1v) is 7.39. The van der Waals surface area contributed by atoms with Crippen molar-refractivity contribution in [1.29, 1.82) is 0 Å². The summed E-state index contributed by atoms with van der Waals surface area (Å²) in [5.41, 5.74) is 2.31. The minimum Gasteiger partial charge on any atom is -0.383 e. The molecule has 1 saturated heterocycles. The lowest BCUT2D eigenvalue weighted by Crippen LogP contribution is -2.38. The van der Waals surface area contributed by atoms with E-state index in [1.165, 1.54) is 11.3 Å². The van der Waals surface area contributed by atoms with Crippen LogP contribution in [0.15, 0.2) is 11.7 Å². The zero-order valence-electron chi connectivity index (χ0n) is 11.7. The second-order valence-electron chi connectivity index (χ2n) is 5.41. The highest BCUT2D eigenvalue weighted by molar-refractivity contribution is 7.09. The van der Waals surface area contributed by atoms with Gasteiger partial charge in [-0.1, -0.05) is 6.92 Å². The van der Waals surface area contributed by atoms with Crippen molar-refractivity contribution in [3.05, 3.63) is 16.6 Å². The van der Waals surface area contributed by atoms with E-state index in [1.807, 2.05) is 11.7 Å². The van der Waals surface area contributed by atoms with Gasteiger partial charge in [-0.25, -0.2) is 0 Å². The molecular formula is C13H24ClN3OS. The van der Waals surface area contributed by atoms with E-state index in [0.29, 0.717) is 5.41 Å². The smallest absolute Gasteiger partial charge is 0.0794 e. The summed E-state index contributed by atoms with van der Waals surface area (Å²) in [4.78, 5) is 7.98. The van der Waals surface area contributed by atoms with E-state index < -0.39 is 0 Å². The summed E-state index contributed by atoms with van der Waals surface area (Å²) in [5, 5.41) is 3.47. The van der Waals surface area contributed by atoms with E-state index in [1.54, 1.807) is 18.4 Å². The Morgan fingerprint density at radius 3 is 3.00 bits per heavy atom. The fraction of sp³-hybridized carbons (Fsp3) is 0.769. The zero-order chi connectivity index (χ0) is 12.8. The Morgan fingerprint density at radius 2 is 2.42 bits per heavy atom. The molecule has 0 spiro atoms. The van der Waals surface area contributed by atoms with E-state index in [0.717, 1.165) is 39.3 Å². The molecule has 6 heteroatoms. The number of nitrogens with one attached hydrogen (secondary N) is 1. The van der Waals surface area contributed by atoms with Crippen LogP contribution in [-0.2, 0) is 11.3 Å². The number of hydrogen-bond acceptors (Lipinski definition) is 5. The molecule has 2 heterocycles. The molecule has 1 aromatic rings. The number of thiazole rings is 1. The Kier molecular flexibility index (Phi) is 7.25. The first-order valence-electron chi connectivity index (χ1n) is 6.51. The topological polar surface area (TPSA) is 37.4 Å². The standard InChI is InChI=1S/C13H23N3OS.ClH/c1-13(3-4-14-9-13)10-16(5-6-17-2)8-12-7-15-11-18-12;/h7,11,14H,3-6,8-10H2,1-2H3;1H. The van der Waals surface area contributed by atoms with Crippen molar-refractivity contribution in [1.82, 2.24) is 15.2 Å². The summed E-state index contributed by atoms with van der Waals surface area (Å²) in [5.74, 6) is 0. The van der Waals surface area contributed by atoms with Crippen molar-refractivity contribution in [3.63, 3.8) is 0 Å². The van der Waals surface area contributed by atoms with Crippen LogP contribution in [0, 0.1) is 5.41 Å². The molecule has 2 rings (SSSR count). The molecule has 0 amide bonds. The van der Waals surface area contributed by atoms with Crippen molar-refractivity contribution in [3.8, 4) is 0 Å². The van der Waals surface area contributed by atoms with E-state index in [9.17, 15) is 0 Å². The average molecular weight is 306 g/mol. The van der Waals surface area contributed by atoms with Crippen molar-refractivity contribution >= 4 is 23.7 Å². The van der Waals surface area contributed by atoms with Gasteiger partial charge < -0.3 is 10.1 Å². The molecule has 1 fully saturated rings. The van der Waals surface area contributed by atoms with Crippen molar-refractivity contribution in [2.75, 3.05) is 39.9 Å². The molecule has 1 aliphatic heterocycles. The van der Waals surface area contributed by atoms with Gasteiger partial charge in [-0.2, -0.15) is 0 Å². The third-order valence-corrected chi connectivity index (χ3v) is 4.30. The van der Waals surface area contributed by atoms with E-state index in [2.05, 4.69) is 22.1 Å². The van der Waals surface area contributed by atoms with Gasteiger partial charge in [0.1, 0.15) is 0 Å². The van der Waals surface area contributed by atoms with Gasteiger partial charge in [-0.15, -0.1) is 23.7 Å². The van der Waals surface area contributed by atoms with Crippen molar-refractivity contribution < 1.29 is 4.74 Å². The van der Waals surface area contributed by atoms with Gasteiger partial charge in [0, 0.05) is 44.4 Å². The van der Waals surface area contributed by atoms with Crippen LogP contribution in [0.1, 0.15) is 18.2 Å². The summed E-state index contributed by atoms with van der Waals surface area (Å²) in [6, 6.07) is 0. The fourth-order valence-corrected chi connectivity index (χ4v) is 3.15. The van der Waals surface area contributed by atoms with Gasteiger partial charge in [-0.3, -0.25) is 9.88 Å². The maximum atomic E-state index is 5.22. The summed E-state index contributed by atoms with van der Waals surface area (Å²) in [6.45, 7) is 8.55. The first kappa shape index (κ1) is 16.9. The second kappa shape index (κ2) is 8.17. The molecule has 0 bridgehead atoms. The fourth-order valence-electron chi connectivity index (χ4n) is 2.52. The monoisotopic (exact) mass is 305 g/mol. The molecule has 0 aliphatic carbocycles. The van der Waals surface area contributed by atoms with E-state index >= 15 is 0 Å². The quantitative estimate of drug-likeness (QED) is 0.836. The van der Waals surface area contributed by atoms with Crippen LogP contribution in [0.4, 0.5) is 0 Å². The predicted octanol–water partition coefficient (Wildman–Crippen LogP) is 2.01. The molecule has 1 aromatic heterocycles. The third kappa shape index (κ3) is 5.36. The van der Waals surface area contributed by atoms with E-state index in [-0.39, 0.29) is 12.4 Å². The lowest BCUT2D eigenvalue weighted by atomic mass is 9.89. The molecule has 0 saturated carbocycles. The number of aromatic nitrogens is 1. The summed E-state index contributed by atoms with van der Waals surface area (Å²) in [7, 11) is 1.77. The van der Waals surface area contributed by atoms with Crippen LogP contribution in [-0.4, -0.2) is 49.8 Å². The summed E-state index contributed by atoms with van der Waals surface area (Å²) in [6.07, 6.45) is 3.23. The summed E-state index contributed by atoms with van der Waals surface area (Å²) >= 11 is 1.73. The van der Waals surface area contributed by atoms with Gasteiger partial charge in [0.25, 0.3) is 0 Å². The Morgan fingerprint density at radius 1 is 1.58 bits per heavy atom. The maximum Gasteiger partial charge on any atom is 0.0794 e. The molecule has 19 heavy (non-hydrogen) atoms. The van der Waals surface area contributed by atoms with Crippen molar-refractivity contribution in [2.24, 2.45) is 5.41 Å². The van der Waals surface area contributed by atoms with E-state index in [4.69, 9.17) is 4.74 Å². The molecule has 1 N–H and O–H groups in total. The first-order chi connectivity index (χ1) is 8.72. The number of methoxy groups -OCH3 is 1. The van der Waals surface area contributed by atoms with Crippen LogP contribution in [0.2, 0.25) is 0 Å². The Balaban J connectivity index is 0.00000180. The maximum absolute atomic E-state index is 5.22. The van der Waals surface area contributed by atoms with Crippen LogP contribution < -0.4 is 5.32 Å². The highest BCUT2D eigenvalue weighted by Crippen LogP contribution is 2.26. The van der Waals surface area contributed by atoms with Gasteiger partial charge in [0.15, 0.2) is 0 Å². The molecule has 1 atom stereocenters. The number of nitrogens with zero attached hydrogens (tertiary/aromatic N) is 2. The van der Waals surface area contributed by atoms with Gasteiger partial charge in [0.05, 0.1) is 12.1 Å². The van der Waals surface area contributed by atoms with Gasteiger partial charge >= 0.3 is 0 Å². The number of hydrogen-bond donors (Lipinski definition) is 1. The normalized spacial score (nSPS) is 22.7. The summed E-state index contributed by atoms with van der Waals surface area (Å²) < 4.78 is 5.22. The Hall–Kier alpha value is -0.200. The zero-order valence-corrected chi connectivity index (χ0v) is 13.4. The molecule has 1 aliphatic rings. The minimum atomic E-state index is 0. The number of ether oxygens (including phenoxy) is 1. The SMILES string of the molecule is COCCN(Cc1cncs1)CC1(C)CCNC1.Cl. The molecule has 0 aromatic carbocycles. The average Bonchev–Trinajstić information content (AvgIpc) is 2.98. The van der Waals surface area contributed by atoms with Crippen molar-refractivity contribution in [2.45, 2.75) is 19.9 Å². The van der Waals surface area contributed by atoms with Crippen LogP contribution >= 0.6 is 23.7 Å². The van der Waals surface area contributed by atoms with Gasteiger partial charge in [0.2, 0.25) is 0 Å². The van der Waals surface area contributed by atoms with Crippen LogP contribution in [0.3, 0.4) is 0 Å². The lowest BCUT2D eigenvalue weighted by Gasteiger charge is -2.31. The molecule has 4 nitrogen and oxygen atoms in total. The second-order valence-corrected chi connectivity index (χ2v) is 6.38. The highest BCUT2D eigenvalue weighted by atomic mass is 35.5. The number of halogens is 1.